The molecule has 0 aliphatic heterocycles. The van der Waals surface area contributed by atoms with E-state index in [-0.39, 0.29) is 11.9 Å². The number of nitrogens with two attached hydrogens (primary N) is 1. The highest BCUT2D eigenvalue weighted by Gasteiger charge is 2.19. The second-order valence-corrected chi connectivity index (χ2v) is 6.01. The van der Waals surface area contributed by atoms with Crippen LogP contribution in [0.1, 0.15) is 22.7 Å². The third-order valence-electron chi connectivity index (χ3n) is 3.00. The lowest BCUT2D eigenvalue weighted by Gasteiger charge is -2.20. The van der Waals surface area contributed by atoms with Crippen LogP contribution in [0.4, 0.5) is 4.39 Å². The zero-order valence-corrected chi connectivity index (χ0v) is 13.4. The summed E-state index contributed by atoms with van der Waals surface area (Å²) in [5.74, 6) is 5.32. The monoisotopic (exact) mass is 386 g/mol. The summed E-state index contributed by atoms with van der Waals surface area (Å²) >= 11 is 6.61. The Labute approximate surface area is 128 Å². The summed E-state index contributed by atoms with van der Waals surface area (Å²) in [5.41, 5.74) is 5.19. The fraction of sp³-hybridized carbons (Fsp3) is 0.143. The molecule has 3 N–H and O–H groups in total. The molecule has 0 aliphatic rings. The quantitative estimate of drug-likeness (QED) is 0.611. The first-order valence-corrected chi connectivity index (χ1v) is 7.29. The summed E-state index contributed by atoms with van der Waals surface area (Å²) in [6.45, 7) is 1.97. The minimum atomic E-state index is -0.384. The van der Waals surface area contributed by atoms with Crippen LogP contribution in [0.15, 0.2) is 45.3 Å². The fourth-order valence-electron chi connectivity index (χ4n) is 2.05. The Balaban J connectivity index is 2.53. The Bertz CT molecular complexity index is 602. The number of benzene rings is 2. The van der Waals surface area contributed by atoms with Crippen LogP contribution in [0.5, 0.6) is 0 Å². The van der Waals surface area contributed by atoms with Crippen LogP contribution in [0.2, 0.25) is 0 Å². The molecule has 2 nitrogen and oxygen atoms in total. The number of hydrogen-bond donors (Lipinski definition) is 2. The third-order valence-corrected chi connectivity index (χ3v) is 4.11. The summed E-state index contributed by atoms with van der Waals surface area (Å²) in [4.78, 5) is 0. The lowest BCUT2D eigenvalue weighted by molar-refractivity contribution is 0.554. The highest BCUT2D eigenvalue weighted by atomic mass is 79.9. The molecule has 0 radical (unpaired) electrons. The van der Waals surface area contributed by atoms with E-state index in [0.717, 1.165) is 15.6 Å². The fourth-order valence-corrected chi connectivity index (χ4v) is 2.91. The Morgan fingerprint density at radius 2 is 1.89 bits per heavy atom. The van der Waals surface area contributed by atoms with E-state index in [0.29, 0.717) is 10.0 Å². The van der Waals surface area contributed by atoms with Crippen molar-refractivity contribution in [2.45, 2.75) is 13.0 Å². The van der Waals surface area contributed by atoms with E-state index in [1.165, 1.54) is 0 Å². The normalized spacial score (nSPS) is 12.5. The Morgan fingerprint density at radius 1 is 1.16 bits per heavy atom. The van der Waals surface area contributed by atoms with Crippen LogP contribution in [-0.2, 0) is 0 Å². The molecule has 100 valence electrons. The van der Waals surface area contributed by atoms with Crippen molar-refractivity contribution in [2.24, 2.45) is 5.84 Å². The zero-order chi connectivity index (χ0) is 14.0. The Kier molecular flexibility index (Phi) is 4.73. The van der Waals surface area contributed by atoms with E-state index in [1.807, 2.05) is 25.1 Å². The van der Waals surface area contributed by atoms with Crippen LogP contribution >= 0.6 is 31.9 Å². The van der Waals surface area contributed by atoms with Gasteiger partial charge in [0, 0.05) is 10.0 Å². The minimum Gasteiger partial charge on any atom is -0.271 e. The van der Waals surface area contributed by atoms with Gasteiger partial charge >= 0.3 is 0 Å². The number of hydrazine groups is 1. The van der Waals surface area contributed by atoms with Gasteiger partial charge in [0.15, 0.2) is 0 Å². The summed E-state index contributed by atoms with van der Waals surface area (Å²) < 4.78 is 15.6. The molecule has 0 saturated carbocycles. The highest BCUT2D eigenvalue weighted by Crippen LogP contribution is 2.30. The summed E-state index contributed by atoms with van der Waals surface area (Å²) in [6, 6.07) is 10.6. The molecule has 0 spiro atoms. The van der Waals surface area contributed by atoms with E-state index >= 15 is 0 Å². The molecule has 0 aliphatic carbocycles. The maximum atomic E-state index is 14.2. The first-order chi connectivity index (χ1) is 9.04. The standard InChI is InChI=1S/C14H13Br2FN2/c1-8-7-9(15)5-6-10(8)14(19-18)11-3-2-4-12(16)13(11)17/h2-7,14,19H,18H2,1H3. The third kappa shape index (κ3) is 3.05. The lowest BCUT2D eigenvalue weighted by Crippen LogP contribution is -2.30. The van der Waals surface area contributed by atoms with Crippen molar-refractivity contribution in [3.63, 3.8) is 0 Å². The van der Waals surface area contributed by atoms with E-state index in [1.54, 1.807) is 18.2 Å². The molecule has 0 aromatic heterocycles. The number of aryl methyl sites for hydroxylation is 1. The highest BCUT2D eigenvalue weighted by molar-refractivity contribution is 9.10. The maximum absolute atomic E-state index is 14.2. The zero-order valence-electron chi connectivity index (χ0n) is 10.3. The van der Waals surface area contributed by atoms with Gasteiger partial charge in [-0.3, -0.25) is 5.84 Å². The van der Waals surface area contributed by atoms with Gasteiger partial charge in [0.25, 0.3) is 0 Å². The van der Waals surface area contributed by atoms with Crippen LogP contribution < -0.4 is 11.3 Å². The SMILES string of the molecule is Cc1cc(Br)ccc1C(NN)c1cccc(Br)c1F. The van der Waals surface area contributed by atoms with Crippen molar-refractivity contribution >= 4 is 31.9 Å². The smallest absolute Gasteiger partial charge is 0.142 e. The molecule has 0 amide bonds. The van der Waals surface area contributed by atoms with E-state index in [4.69, 9.17) is 5.84 Å². The molecule has 1 atom stereocenters. The largest absolute Gasteiger partial charge is 0.271 e. The van der Waals surface area contributed by atoms with Gasteiger partial charge in [-0.2, -0.15) is 0 Å². The molecule has 1 unspecified atom stereocenters. The molecule has 0 heterocycles. The van der Waals surface area contributed by atoms with Gasteiger partial charge in [-0.25, -0.2) is 9.82 Å². The average molecular weight is 388 g/mol. The number of rotatable bonds is 3. The summed E-state index contributed by atoms with van der Waals surface area (Å²) in [6.07, 6.45) is 0. The van der Waals surface area contributed by atoms with Crippen molar-refractivity contribution in [1.82, 2.24) is 5.43 Å². The van der Waals surface area contributed by atoms with Crippen molar-refractivity contribution in [3.8, 4) is 0 Å². The van der Waals surface area contributed by atoms with Gasteiger partial charge in [-0.15, -0.1) is 0 Å². The van der Waals surface area contributed by atoms with Gasteiger partial charge < -0.3 is 0 Å². The predicted molar refractivity (Wildman–Crippen MR) is 82.1 cm³/mol. The predicted octanol–water partition coefficient (Wildman–Crippen LogP) is 4.21. The molecule has 0 saturated heterocycles. The molecule has 19 heavy (non-hydrogen) atoms. The topological polar surface area (TPSA) is 38.0 Å². The van der Waals surface area contributed by atoms with Crippen LogP contribution in [-0.4, -0.2) is 0 Å². The van der Waals surface area contributed by atoms with Crippen molar-refractivity contribution in [1.29, 1.82) is 0 Å². The van der Waals surface area contributed by atoms with Crippen molar-refractivity contribution in [3.05, 3.63) is 67.9 Å². The van der Waals surface area contributed by atoms with E-state index in [2.05, 4.69) is 37.3 Å². The molecule has 0 fully saturated rings. The van der Waals surface area contributed by atoms with Gasteiger partial charge in [-0.05, 0) is 52.2 Å². The van der Waals surface area contributed by atoms with Gasteiger partial charge in [-0.1, -0.05) is 34.1 Å². The Hall–Kier alpha value is -0.750. The van der Waals surface area contributed by atoms with Crippen LogP contribution in [0, 0.1) is 12.7 Å². The van der Waals surface area contributed by atoms with E-state index < -0.39 is 0 Å². The molecular weight excluding hydrogens is 375 g/mol. The van der Waals surface area contributed by atoms with E-state index in [9.17, 15) is 4.39 Å². The molecular formula is C14H13Br2FN2. The van der Waals surface area contributed by atoms with Crippen molar-refractivity contribution in [2.75, 3.05) is 0 Å². The second kappa shape index (κ2) is 6.13. The lowest BCUT2D eigenvalue weighted by atomic mass is 9.95. The first kappa shape index (κ1) is 14.7. The Morgan fingerprint density at radius 3 is 2.53 bits per heavy atom. The molecule has 2 aromatic rings. The molecule has 0 bridgehead atoms. The first-order valence-electron chi connectivity index (χ1n) is 5.70. The summed E-state index contributed by atoms with van der Waals surface area (Å²) in [5, 5.41) is 0. The van der Waals surface area contributed by atoms with Gasteiger partial charge in [0.2, 0.25) is 0 Å². The van der Waals surface area contributed by atoms with Crippen LogP contribution in [0.25, 0.3) is 0 Å². The molecule has 2 aromatic carbocycles. The average Bonchev–Trinajstić information content (AvgIpc) is 2.37. The van der Waals surface area contributed by atoms with Gasteiger partial charge in [0.1, 0.15) is 5.82 Å². The van der Waals surface area contributed by atoms with Crippen LogP contribution in [0.3, 0.4) is 0 Å². The van der Waals surface area contributed by atoms with Crippen molar-refractivity contribution < 1.29 is 4.39 Å². The van der Waals surface area contributed by atoms with Gasteiger partial charge in [0.05, 0.1) is 10.5 Å². The number of halogens is 3. The number of nitrogens with one attached hydrogen (secondary N) is 1. The maximum Gasteiger partial charge on any atom is 0.142 e. The molecule has 5 heteroatoms. The molecule has 2 rings (SSSR count). The number of hydrogen-bond acceptors (Lipinski definition) is 2. The second-order valence-electron chi connectivity index (χ2n) is 4.24. The summed E-state index contributed by atoms with van der Waals surface area (Å²) in [7, 11) is 0. The minimum absolute atomic E-state index is 0.298.